The van der Waals surface area contributed by atoms with Crippen LogP contribution in [0.25, 0.3) is 0 Å². The van der Waals surface area contributed by atoms with E-state index in [-0.39, 0.29) is 42.7 Å². The van der Waals surface area contributed by atoms with Gasteiger partial charge < -0.3 is 0 Å². The average Bonchev–Trinajstić information content (AvgIpc) is 2.89. The van der Waals surface area contributed by atoms with E-state index < -0.39 is 34.9 Å². The number of hydrogen-bond acceptors (Lipinski definition) is 4. The van der Waals surface area contributed by atoms with Crippen LogP contribution in [0.3, 0.4) is 0 Å². The minimum Gasteiger partial charge on any atom is -0.293 e. The number of hydrogen-bond donors (Lipinski definition) is 2. The molecule has 2 fully saturated rings. The van der Waals surface area contributed by atoms with Gasteiger partial charge in [-0.2, -0.15) is 0 Å². The molecule has 2 atom stereocenters. The molecule has 0 aromatic heterocycles. The molecule has 1 aliphatic heterocycles. The maximum atomic E-state index is 13.5. The zero-order valence-electron chi connectivity index (χ0n) is 14.2. The van der Waals surface area contributed by atoms with Gasteiger partial charge in [-0.3, -0.25) is 30.1 Å². The maximum Gasteiger partial charge on any atom is 0.240 e. The maximum absolute atomic E-state index is 13.5. The molecule has 1 aromatic rings. The van der Waals surface area contributed by atoms with E-state index in [0.29, 0.717) is 12.8 Å². The van der Waals surface area contributed by atoms with E-state index >= 15 is 0 Å². The number of halogens is 4. The number of carbonyl (C=O) groups is 3. The summed E-state index contributed by atoms with van der Waals surface area (Å²) in [6.07, 6.45) is 2.71. The van der Waals surface area contributed by atoms with Crippen LogP contribution in [0.15, 0.2) is 6.07 Å². The molecule has 1 aliphatic carbocycles. The second kappa shape index (κ2) is 7.53. The summed E-state index contributed by atoms with van der Waals surface area (Å²) in [6, 6.07) is 0.0434. The molecule has 0 spiro atoms. The second-order valence-corrected chi connectivity index (χ2v) is 6.59. The lowest BCUT2D eigenvalue weighted by Gasteiger charge is -2.19. The number of rotatable bonds is 5. The second-order valence-electron chi connectivity index (χ2n) is 6.59. The SMILES string of the molecule is O=C(CCN1C(=O)[C@H]2CCCC[C@@H]2C1=O)NNc1c(F)c(F)cc(F)c1F. The van der Waals surface area contributed by atoms with Crippen molar-refractivity contribution in [2.24, 2.45) is 11.8 Å². The Morgan fingerprint density at radius 2 is 1.52 bits per heavy atom. The zero-order valence-corrected chi connectivity index (χ0v) is 14.2. The highest BCUT2D eigenvalue weighted by Gasteiger charge is 2.47. The first-order valence-corrected chi connectivity index (χ1v) is 8.54. The van der Waals surface area contributed by atoms with Crippen molar-refractivity contribution in [1.82, 2.24) is 10.3 Å². The summed E-state index contributed by atoms with van der Waals surface area (Å²) in [4.78, 5) is 37.4. The van der Waals surface area contributed by atoms with Crippen molar-refractivity contribution in [1.29, 1.82) is 0 Å². The third kappa shape index (κ3) is 3.60. The molecule has 3 rings (SSSR count). The van der Waals surface area contributed by atoms with Crippen LogP contribution < -0.4 is 10.9 Å². The standard InChI is InChI=1S/C17H17F4N3O3/c18-10-7-11(19)14(21)15(13(10)20)23-22-12(25)5-6-24-16(26)8-3-1-2-4-9(8)17(24)27/h7-9,23H,1-6H2,(H,22,25)/t8-,9-/m0/s1. The molecule has 10 heteroatoms. The summed E-state index contributed by atoms with van der Waals surface area (Å²) in [5.41, 5.74) is 2.51. The number of hydrazine groups is 1. The Morgan fingerprint density at radius 1 is 1.00 bits per heavy atom. The molecule has 0 bridgehead atoms. The van der Waals surface area contributed by atoms with Gasteiger partial charge in [0.05, 0.1) is 11.8 Å². The number of likely N-dealkylation sites (tertiary alicyclic amines) is 1. The van der Waals surface area contributed by atoms with E-state index in [4.69, 9.17) is 0 Å². The van der Waals surface area contributed by atoms with E-state index in [9.17, 15) is 31.9 Å². The molecule has 1 heterocycles. The van der Waals surface area contributed by atoms with Crippen molar-refractivity contribution < 1.29 is 31.9 Å². The fourth-order valence-electron chi connectivity index (χ4n) is 3.54. The van der Waals surface area contributed by atoms with Crippen molar-refractivity contribution in [3.8, 4) is 0 Å². The van der Waals surface area contributed by atoms with Crippen molar-refractivity contribution in [3.05, 3.63) is 29.3 Å². The summed E-state index contributed by atoms with van der Waals surface area (Å²) >= 11 is 0. The fourth-order valence-corrected chi connectivity index (χ4v) is 3.54. The van der Waals surface area contributed by atoms with E-state index in [2.05, 4.69) is 0 Å². The molecule has 3 amide bonds. The lowest BCUT2D eigenvalue weighted by Crippen LogP contribution is -2.37. The molecule has 0 unspecified atom stereocenters. The predicted molar refractivity (Wildman–Crippen MR) is 84.8 cm³/mol. The van der Waals surface area contributed by atoms with Gasteiger partial charge in [0.15, 0.2) is 23.3 Å². The van der Waals surface area contributed by atoms with Crippen LogP contribution in [0.5, 0.6) is 0 Å². The highest BCUT2D eigenvalue weighted by atomic mass is 19.2. The van der Waals surface area contributed by atoms with Crippen LogP contribution in [0, 0.1) is 35.1 Å². The third-order valence-corrected chi connectivity index (χ3v) is 4.93. The van der Waals surface area contributed by atoms with Crippen LogP contribution in [-0.4, -0.2) is 29.2 Å². The Labute approximate surface area is 151 Å². The number of amides is 3. The van der Waals surface area contributed by atoms with Gasteiger partial charge in [-0.25, -0.2) is 17.6 Å². The van der Waals surface area contributed by atoms with Gasteiger partial charge in [-0.15, -0.1) is 0 Å². The molecule has 27 heavy (non-hydrogen) atoms. The van der Waals surface area contributed by atoms with Crippen molar-refractivity contribution >= 4 is 23.4 Å². The summed E-state index contributed by atoms with van der Waals surface area (Å²) in [5, 5.41) is 0. The highest BCUT2D eigenvalue weighted by Crippen LogP contribution is 2.37. The number of nitrogens with one attached hydrogen (secondary N) is 2. The van der Waals surface area contributed by atoms with Crippen LogP contribution >= 0.6 is 0 Å². The Bertz CT molecular complexity index is 752. The van der Waals surface area contributed by atoms with Gasteiger partial charge in [-0.05, 0) is 12.8 Å². The van der Waals surface area contributed by atoms with Gasteiger partial charge in [0, 0.05) is 19.0 Å². The lowest BCUT2D eigenvalue weighted by molar-refractivity contribution is -0.140. The molecule has 146 valence electrons. The topological polar surface area (TPSA) is 78.5 Å². The summed E-state index contributed by atoms with van der Waals surface area (Å²) in [6.45, 7) is -0.180. The lowest BCUT2D eigenvalue weighted by atomic mass is 9.81. The number of fused-ring (bicyclic) bond motifs is 1. The summed E-state index contributed by atoms with van der Waals surface area (Å²) in [7, 11) is 0. The molecule has 0 radical (unpaired) electrons. The molecule has 1 saturated heterocycles. The minimum atomic E-state index is -1.69. The summed E-state index contributed by atoms with van der Waals surface area (Å²) in [5.74, 6) is -8.75. The molecule has 2 N–H and O–H groups in total. The van der Waals surface area contributed by atoms with Gasteiger partial charge >= 0.3 is 0 Å². The number of nitrogens with zero attached hydrogens (tertiary/aromatic N) is 1. The smallest absolute Gasteiger partial charge is 0.240 e. The quantitative estimate of drug-likeness (QED) is 0.352. The number of benzene rings is 1. The Balaban J connectivity index is 1.57. The predicted octanol–water partition coefficient (Wildman–Crippen LogP) is 2.25. The first-order chi connectivity index (χ1) is 12.8. The largest absolute Gasteiger partial charge is 0.293 e. The van der Waals surface area contributed by atoms with Crippen molar-refractivity contribution in [3.63, 3.8) is 0 Å². The van der Waals surface area contributed by atoms with E-state index in [1.54, 1.807) is 5.43 Å². The fraction of sp³-hybridized carbons (Fsp3) is 0.471. The molecular weight excluding hydrogens is 370 g/mol. The molecule has 6 nitrogen and oxygen atoms in total. The molecule has 2 aliphatic rings. The Hall–Kier alpha value is -2.65. The van der Waals surface area contributed by atoms with Crippen LogP contribution in [0.4, 0.5) is 23.2 Å². The first kappa shape index (κ1) is 19.1. The highest BCUT2D eigenvalue weighted by molar-refractivity contribution is 6.05. The summed E-state index contributed by atoms with van der Waals surface area (Å²) < 4.78 is 53.2. The average molecular weight is 387 g/mol. The zero-order chi connectivity index (χ0) is 19.7. The van der Waals surface area contributed by atoms with E-state index in [1.807, 2.05) is 5.43 Å². The van der Waals surface area contributed by atoms with E-state index in [1.165, 1.54) is 0 Å². The minimum absolute atomic E-state index is 0.0434. The third-order valence-electron chi connectivity index (χ3n) is 4.93. The van der Waals surface area contributed by atoms with Crippen molar-refractivity contribution in [2.45, 2.75) is 32.1 Å². The Kier molecular flexibility index (Phi) is 5.33. The number of imide groups is 1. The van der Waals surface area contributed by atoms with Crippen LogP contribution in [0.1, 0.15) is 32.1 Å². The Morgan fingerprint density at radius 3 is 2.04 bits per heavy atom. The molecular formula is C17H17F4N3O3. The normalized spacial score (nSPS) is 22.0. The number of anilines is 1. The monoisotopic (exact) mass is 387 g/mol. The van der Waals surface area contributed by atoms with Gasteiger partial charge in [0.25, 0.3) is 0 Å². The molecule has 1 saturated carbocycles. The van der Waals surface area contributed by atoms with Gasteiger partial charge in [0.2, 0.25) is 17.7 Å². The van der Waals surface area contributed by atoms with E-state index in [0.717, 1.165) is 17.7 Å². The van der Waals surface area contributed by atoms with Gasteiger partial charge in [0.1, 0.15) is 5.69 Å². The van der Waals surface area contributed by atoms with Crippen LogP contribution in [-0.2, 0) is 14.4 Å². The first-order valence-electron chi connectivity index (χ1n) is 8.54. The van der Waals surface area contributed by atoms with Crippen molar-refractivity contribution in [2.75, 3.05) is 12.0 Å². The number of carbonyl (C=O) groups excluding carboxylic acids is 3. The van der Waals surface area contributed by atoms with Gasteiger partial charge in [-0.1, -0.05) is 12.8 Å². The van der Waals surface area contributed by atoms with Crippen LogP contribution in [0.2, 0.25) is 0 Å². The molecule has 1 aromatic carbocycles.